The monoisotopic (exact) mass is 295 g/mol. The van der Waals surface area contributed by atoms with Gasteiger partial charge in [0.05, 0.1) is 6.54 Å². The molecular weight excluding hydrogens is 278 g/mol. The maximum atomic E-state index is 11.9. The maximum Gasteiger partial charge on any atom is 0.246 e. The van der Waals surface area contributed by atoms with E-state index in [1.54, 1.807) is 43.7 Å². The van der Waals surface area contributed by atoms with Crippen LogP contribution in [-0.4, -0.2) is 35.3 Å². The van der Waals surface area contributed by atoms with Crippen molar-refractivity contribution < 1.29 is 9.59 Å². The van der Waals surface area contributed by atoms with Gasteiger partial charge in [-0.2, -0.15) is 0 Å². The van der Waals surface area contributed by atoms with Gasteiger partial charge in [0.2, 0.25) is 11.8 Å². The fourth-order valence-corrected chi connectivity index (χ4v) is 1.78. The molecule has 0 saturated carbocycles. The zero-order chi connectivity index (χ0) is 15.8. The molecule has 5 nitrogen and oxygen atoms in total. The molecule has 2 aromatic rings. The minimum Gasteiger partial charge on any atom is -0.333 e. The van der Waals surface area contributed by atoms with E-state index in [0.717, 1.165) is 5.56 Å². The Kier molecular flexibility index (Phi) is 5.43. The summed E-state index contributed by atoms with van der Waals surface area (Å²) in [5.74, 6) is -0.483. The van der Waals surface area contributed by atoms with Crippen LogP contribution in [0.2, 0.25) is 0 Å². The van der Waals surface area contributed by atoms with E-state index in [1.165, 1.54) is 11.0 Å². The lowest BCUT2D eigenvalue weighted by molar-refractivity contribution is -0.129. The van der Waals surface area contributed by atoms with Crippen LogP contribution >= 0.6 is 0 Å². The SMILES string of the molecule is CN(CC(=O)Nc1ccccc1)C(=O)C=Cc1cccnc1. The summed E-state index contributed by atoms with van der Waals surface area (Å²) >= 11 is 0. The Morgan fingerprint density at radius 3 is 2.64 bits per heavy atom. The molecule has 1 aromatic heterocycles. The number of benzene rings is 1. The molecule has 112 valence electrons. The van der Waals surface area contributed by atoms with Gasteiger partial charge >= 0.3 is 0 Å². The summed E-state index contributed by atoms with van der Waals surface area (Å²) < 4.78 is 0. The van der Waals surface area contributed by atoms with E-state index in [4.69, 9.17) is 0 Å². The van der Waals surface area contributed by atoms with Gasteiger partial charge in [-0.25, -0.2) is 0 Å². The Morgan fingerprint density at radius 1 is 1.18 bits per heavy atom. The molecule has 0 radical (unpaired) electrons. The number of aromatic nitrogens is 1. The number of hydrogen-bond acceptors (Lipinski definition) is 3. The molecular formula is C17H17N3O2. The van der Waals surface area contributed by atoms with Gasteiger partial charge in [-0.3, -0.25) is 14.6 Å². The summed E-state index contributed by atoms with van der Waals surface area (Å²) in [7, 11) is 1.58. The van der Waals surface area contributed by atoms with Gasteiger partial charge in [-0.15, -0.1) is 0 Å². The lowest BCUT2D eigenvalue weighted by Gasteiger charge is -2.14. The number of pyridine rings is 1. The molecule has 0 bridgehead atoms. The Morgan fingerprint density at radius 2 is 1.95 bits per heavy atom. The first-order valence-corrected chi connectivity index (χ1v) is 6.83. The molecule has 22 heavy (non-hydrogen) atoms. The molecule has 2 amide bonds. The maximum absolute atomic E-state index is 11.9. The van der Waals surface area contributed by atoms with Gasteiger partial charge in [0.15, 0.2) is 0 Å². The van der Waals surface area contributed by atoms with Crippen molar-refractivity contribution in [3.63, 3.8) is 0 Å². The van der Waals surface area contributed by atoms with Crippen molar-refractivity contribution in [3.05, 3.63) is 66.5 Å². The molecule has 2 rings (SSSR count). The number of nitrogens with one attached hydrogen (secondary N) is 1. The Balaban J connectivity index is 1.86. The molecule has 0 atom stereocenters. The van der Waals surface area contributed by atoms with Gasteiger partial charge in [0.25, 0.3) is 0 Å². The smallest absolute Gasteiger partial charge is 0.246 e. The van der Waals surface area contributed by atoms with E-state index in [2.05, 4.69) is 10.3 Å². The Labute approximate surface area is 129 Å². The predicted octanol–water partition coefficient (Wildman–Crippen LogP) is 2.19. The first-order chi connectivity index (χ1) is 10.6. The number of rotatable bonds is 5. The number of para-hydroxylation sites is 1. The molecule has 1 aromatic carbocycles. The normalized spacial score (nSPS) is 10.4. The molecule has 1 N–H and O–H groups in total. The van der Waals surface area contributed by atoms with Crippen LogP contribution < -0.4 is 5.32 Å². The fourth-order valence-electron chi connectivity index (χ4n) is 1.78. The van der Waals surface area contributed by atoms with Crippen LogP contribution in [0.5, 0.6) is 0 Å². The van der Waals surface area contributed by atoms with Crippen molar-refractivity contribution in [2.75, 3.05) is 18.9 Å². The Bertz CT molecular complexity index is 654. The van der Waals surface area contributed by atoms with Gasteiger partial charge in [-0.1, -0.05) is 24.3 Å². The third-order valence-corrected chi connectivity index (χ3v) is 2.92. The third-order valence-electron chi connectivity index (χ3n) is 2.92. The van der Waals surface area contributed by atoms with Gasteiger partial charge < -0.3 is 10.2 Å². The standard InChI is InChI=1S/C17H17N3O2/c1-20(13-16(21)19-15-7-3-2-4-8-15)17(22)10-9-14-6-5-11-18-12-14/h2-12H,13H2,1H3,(H,19,21). The topological polar surface area (TPSA) is 62.3 Å². The van der Waals surface area contributed by atoms with Crippen LogP contribution in [0.3, 0.4) is 0 Å². The average molecular weight is 295 g/mol. The second kappa shape index (κ2) is 7.73. The molecule has 0 fully saturated rings. The van der Waals surface area contributed by atoms with Gasteiger partial charge in [0.1, 0.15) is 0 Å². The van der Waals surface area contributed by atoms with E-state index >= 15 is 0 Å². The lowest BCUT2D eigenvalue weighted by Crippen LogP contribution is -2.33. The van der Waals surface area contributed by atoms with E-state index in [9.17, 15) is 9.59 Å². The minimum atomic E-state index is -0.243. The summed E-state index contributed by atoms with van der Waals surface area (Å²) in [4.78, 5) is 29.1. The molecule has 0 saturated heterocycles. The number of anilines is 1. The molecule has 5 heteroatoms. The minimum absolute atomic E-state index is 0.00882. The zero-order valence-corrected chi connectivity index (χ0v) is 12.3. The van der Waals surface area contributed by atoms with Crippen LogP contribution in [0.1, 0.15) is 5.56 Å². The van der Waals surface area contributed by atoms with Crippen molar-refractivity contribution in [2.45, 2.75) is 0 Å². The molecule has 0 aliphatic heterocycles. The number of likely N-dealkylation sites (N-methyl/N-ethyl adjacent to an activating group) is 1. The van der Waals surface area contributed by atoms with Crippen LogP contribution in [0.4, 0.5) is 5.69 Å². The van der Waals surface area contributed by atoms with Crippen LogP contribution in [0.15, 0.2) is 60.9 Å². The zero-order valence-electron chi connectivity index (χ0n) is 12.3. The second-order valence-electron chi connectivity index (χ2n) is 4.73. The fraction of sp³-hybridized carbons (Fsp3) is 0.118. The summed E-state index contributed by atoms with van der Waals surface area (Å²) in [6, 6.07) is 12.8. The highest BCUT2D eigenvalue weighted by atomic mass is 16.2. The highest BCUT2D eigenvalue weighted by molar-refractivity contribution is 5.97. The average Bonchev–Trinajstić information content (AvgIpc) is 2.54. The highest BCUT2D eigenvalue weighted by Gasteiger charge is 2.10. The Hall–Kier alpha value is -2.95. The quantitative estimate of drug-likeness (QED) is 0.860. The summed E-state index contributed by atoms with van der Waals surface area (Å²) in [5, 5.41) is 2.73. The van der Waals surface area contributed by atoms with Crippen molar-refractivity contribution in [1.29, 1.82) is 0 Å². The lowest BCUT2D eigenvalue weighted by atomic mass is 10.2. The molecule has 0 spiro atoms. The van der Waals surface area contributed by atoms with Crippen molar-refractivity contribution in [2.24, 2.45) is 0 Å². The number of hydrogen-bond donors (Lipinski definition) is 1. The number of nitrogens with zero attached hydrogens (tertiary/aromatic N) is 2. The first kappa shape index (κ1) is 15.4. The van der Waals surface area contributed by atoms with E-state index in [-0.39, 0.29) is 18.4 Å². The van der Waals surface area contributed by atoms with E-state index in [1.807, 2.05) is 24.3 Å². The van der Waals surface area contributed by atoms with Crippen LogP contribution in [0, 0.1) is 0 Å². The van der Waals surface area contributed by atoms with Crippen molar-refractivity contribution >= 4 is 23.6 Å². The molecule has 1 heterocycles. The van der Waals surface area contributed by atoms with E-state index < -0.39 is 0 Å². The summed E-state index contributed by atoms with van der Waals surface area (Å²) in [6.45, 7) is -0.00882. The van der Waals surface area contributed by atoms with Crippen molar-refractivity contribution in [1.82, 2.24) is 9.88 Å². The summed E-state index contributed by atoms with van der Waals surface area (Å²) in [6.07, 6.45) is 6.42. The van der Waals surface area contributed by atoms with Gasteiger partial charge in [0, 0.05) is 31.2 Å². The van der Waals surface area contributed by atoms with Gasteiger partial charge in [-0.05, 0) is 29.8 Å². The van der Waals surface area contributed by atoms with Crippen LogP contribution in [-0.2, 0) is 9.59 Å². The number of amides is 2. The predicted molar refractivity (Wildman–Crippen MR) is 86.0 cm³/mol. The molecule has 0 aliphatic carbocycles. The number of carbonyl (C=O) groups is 2. The summed E-state index contributed by atoms with van der Waals surface area (Å²) in [5.41, 5.74) is 1.54. The second-order valence-corrected chi connectivity index (χ2v) is 4.73. The molecule has 0 unspecified atom stereocenters. The van der Waals surface area contributed by atoms with E-state index in [0.29, 0.717) is 5.69 Å². The third kappa shape index (κ3) is 4.86. The largest absolute Gasteiger partial charge is 0.333 e. The number of carbonyl (C=O) groups excluding carboxylic acids is 2. The molecule has 0 aliphatic rings. The highest BCUT2D eigenvalue weighted by Crippen LogP contribution is 2.05. The first-order valence-electron chi connectivity index (χ1n) is 6.83. The van der Waals surface area contributed by atoms with Crippen molar-refractivity contribution in [3.8, 4) is 0 Å². The van der Waals surface area contributed by atoms with Crippen LogP contribution in [0.25, 0.3) is 6.08 Å².